The van der Waals surface area contributed by atoms with Crippen molar-refractivity contribution in [2.24, 2.45) is 5.73 Å². The summed E-state index contributed by atoms with van der Waals surface area (Å²) in [5.74, 6) is 0.397. The molecule has 1 atom stereocenters. The first kappa shape index (κ1) is 11.8. The van der Waals surface area contributed by atoms with Crippen molar-refractivity contribution in [1.29, 1.82) is 5.26 Å². The second-order valence-corrected chi connectivity index (χ2v) is 4.32. The summed E-state index contributed by atoms with van der Waals surface area (Å²) >= 11 is 1.30. The molecule has 1 aromatic heterocycles. The van der Waals surface area contributed by atoms with Crippen LogP contribution < -0.4 is 11.4 Å². The molecule has 15 heavy (non-hydrogen) atoms. The summed E-state index contributed by atoms with van der Waals surface area (Å²) in [4.78, 5) is 11.2. The molecule has 1 rings (SSSR count). The average Bonchev–Trinajstić information content (AvgIpc) is 2.56. The van der Waals surface area contributed by atoms with Gasteiger partial charge in [-0.15, -0.1) is 5.10 Å². The Kier molecular flexibility index (Phi) is 3.55. The Balaban J connectivity index is 2.75. The monoisotopic (exact) mass is 227 g/mol. The molecule has 1 unspecified atom stereocenters. The molecule has 7 heteroatoms. The maximum atomic E-state index is 11.2. The molecule has 1 heterocycles. The number of nitriles is 1. The van der Waals surface area contributed by atoms with Crippen LogP contribution in [0, 0.1) is 11.3 Å². The fourth-order valence-corrected chi connectivity index (χ4v) is 1.91. The van der Waals surface area contributed by atoms with Crippen LogP contribution in [0.5, 0.6) is 0 Å². The Morgan fingerprint density at radius 2 is 2.47 bits per heavy atom. The first-order chi connectivity index (χ1) is 7.00. The molecule has 0 aliphatic rings. The number of thioether (sulfide) groups is 1. The van der Waals surface area contributed by atoms with Gasteiger partial charge in [-0.3, -0.25) is 4.57 Å². The van der Waals surface area contributed by atoms with Crippen molar-refractivity contribution < 1.29 is 0 Å². The van der Waals surface area contributed by atoms with E-state index in [1.165, 1.54) is 16.3 Å². The van der Waals surface area contributed by atoms with E-state index in [4.69, 9.17) is 11.0 Å². The number of hydrogen-bond acceptors (Lipinski definition) is 5. The Morgan fingerprint density at radius 1 is 1.80 bits per heavy atom. The molecular weight excluding hydrogens is 214 g/mol. The molecule has 0 spiro atoms. The van der Waals surface area contributed by atoms with Gasteiger partial charge in [0, 0.05) is 12.3 Å². The summed E-state index contributed by atoms with van der Waals surface area (Å²) in [5.41, 5.74) is 4.51. The van der Waals surface area contributed by atoms with Crippen molar-refractivity contribution in [2.45, 2.75) is 31.1 Å². The first-order valence-corrected chi connectivity index (χ1v) is 5.47. The van der Waals surface area contributed by atoms with Gasteiger partial charge in [-0.1, -0.05) is 11.8 Å². The lowest BCUT2D eigenvalue weighted by Gasteiger charge is -2.13. The van der Waals surface area contributed by atoms with Gasteiger partial charge >= 0.3 is 5.69 Å². The van der Waals surface area contributed by atoms with Crippen LogP contribution >= 0.6 is 11.8 Å². The topological polar surface area (TPSA) is 100 Å². The number of nitrogens with two attached hydrogens (primary N) is 1. The van der Waals surface area contributed by atoms with E-state index >= 15 is 0 Å². The van der Waals surface area contributed by atoms with Gasteiger partial charge in [-0.2, -0.15) is 5.26 Å². The van der Waals surface area contributed by atoms with Gasteiger partial charge in [0.1, 0.15) is 5.54 Å². The van der Waals surface area contributed by atoms with Crippen LogP contribution in [0.1, 0.15) is 13.8 Å². The van der Waals surface area contributed by atoms with E-state index < -0.39 is 5.54 Å². The molecule has 0 saturated heterocycles. The van der Waals surface area contributed by atoms with E-state index in [2.05, 4.69) is 10.2 Å². The lowest BCUT2D eigenvalue weighted by Crippen LogP contribution is -2.37. The Hall–Kier alpha value is -1.26. The van der Waals surface area contributed by atoms with Gasteiger partial charge in [-0.05, 0) is 13.8 Å². The van der Waals surface area contributed by atoms with Crippen molar-refractivity contribution >= 4 is 11.8 Å². The van der Waals surface area contributed by atoms with E-state index in [0.717, 1.165) is 0 Å². The van der Waals surface area contributed by atoms with Crippen molar-refractivity contribution in [3.63, 3.8) is 0 Å². The summed E-state index contributed by atoms with van der Waals surface area (Å²) in [6.45, 7) is 4.04. The molecule has 0 aromatic carbocycles. The molecule has 0 amide bonds. The molecule has 0 saturated carbocycles. The molecule has 6 nitrogen and oxygen atoms in total. The quantitative estimate of drug-likeness (QED) is 0.701. The second-order valence-electron chi connectivity index (χ2n) is 3.37. The zero-order valence-electron chi connectivity index (χ0n) is 8.65. The third-order valence-corrected chi connectivity index (χ3v) is 3.11. The van der Waals surface area contributed by atoms with Crippen LogP contribution in [0.2, 0.25) is 0 Å². The fraction of sp³-hybridized carbons (Fsp3) is 0.625. The van der Waals surface area contributed by atoms with E-state index in [1.807, 2.05) is 13.0 Å². The molecule has 1 aromatic rings. The lowest BCUT2D eigenvalue weighted by molar-refractivity contribution is 0.650. The summed E-state index contributed by atoms with van der Waals surface area (Å²) in [7, 11) is 0. The second kappa shape index (κ2) is 4.51. The van der Waals surface area contributed by atoms with E-state index in [1.54, 1.807) is 6.92 Å². The summed E-state index contributed by atoms with van der Waals surface area (Å²) in [5, 5.41) is 15.5. The minimum absolute atomic E-state index is 0.240. The van der Waals surface area contributed by atoms with Crippen LogP contribution in [0.3, 0.4) is 0 Å². The Labute approximate surface area is 91.5 Å². The number of aromatic amines is 1. The van der Waals surface area contributed by atoms with Gasteiger partial charge in [-0.25, -0.2) is 9.89 Å². The van der Waals surface area contributed by atoms with Crippen molar-refractivity contribution in [1.82, 2.24) is 14.8 Å². The third kappa shape index (κ3) is 2.84. The van der Waals surface area contributed by atoms with Gasteiger partial charge in [0.15, 0.2) is 5.16 Å². The maximum Gasteiger partial charge on any atom is 0.343 e. The molecule has 0 fully saturated rings. The van der Waals surface area contributed by atoms with Crippen LogP contribution in [0.4, 0.5) is 0 Å². The average molecular weight is 227 g/mol. The summed E-state index contributed by atoms with van der Waals surface area (Å²) in [6, 6.07) is 1.99. The highest BCUT2D eigenvalue weighted by atomic mass is 32.2. The number of rotatable bonds is 4. The highest BCUT2D eigenvalue weighted by Crippen LogP contribution is 2.17. The Bertz CT molecular complexity index is 427. The van der Waals surface area contributed by atoms with Crippen molar-refractivity contribution in [2.75, 3.05) is 5.75 Å². The minimum atomic E-state index is -0.905. The maximum absolute atomic E-state index is 11.2. The number of nitrogens with zero attached hydrogens (tertiary/aromatic N) is 3. The molecule has 0 aliphatic carbocycles. The number of nitrogens with one attached hydrogen (secondary N) is 1. The number of H-pyrrole nitrogens is 1. The summed E-state index contributed by atoms with van der Waals surface area (Å²) in [6.07, 6.45) is 0. The highest BCUT2D eigenvalue weighted by Gasteiger charge is 2.19. The minimum Gasteiger partial charge on any atom is -0.313 e. The third-order valence-electron chi connectivity index (χ3n) is 1.80. The molecule has 82 valence electrons. The van der Waals surface area contributed by atoms with Crippen LogP contribution in [0.15, 0.2) is 9.95 Å². The molecule has 0 radical (unpaired) electrons. The predicted molar refractivity (Wildman–Crippen MR) is 57.5 cm³/mol. The van der Waals surface area contributed by atoms with Gasteiger partial charge in [0.25, 0.3) is 0 Å². The smallest absolute Gasteiger partial charge is 0.313 e. The first-order valence-electron chi connectivity index (χ1n) is 4.48. The lowest BCUT2D eigenvalue weighted by atomic mass is 10.1. The fourth-order valence-electron chi connectivity index (χ4n) is 0.939. The SMILES string of the molecule is CCn1c(SCC(C)(N)C#N)n[nH]c1=O. The van der Waals surface area contributed by atoms with Gasteiger partial charge in [0.05, 0.1) is 6.07 Å². The number of aromatic nitrogens is 3. The summed E-state index contributed by atoms with van der Waals surface area (Å²) < 4.78 is 1.50. The predicted octanol–water partition coefficient (Wildman–Crippen LogP) is -0.0756. The molecular formula is C8H13N5OS. The zero-order chi connectivity index (χ0) is 11.5. The van der Waals surface area contributed by atoms with Gasteiger partial charge < -0.3 is 5.73 Å². The van der Waals surface area contributed by atoms with Crippen molar-refractivity contribution in [3.05, 3.63) is 10.5 Å². The largest absolute Gasteiger partial charge is 0.343 e. The zero-order valence-corrected chi connectivity index (χ0v) is 9.47. The van der Waals surface area contributed by atoms with Crippen LogP contribution in [-0.4, -0.2) is 26.1 Å². The standard InChI is InChI=1S/C8H13N5OS/c1-3-13-6(14)11-12-7(13)15-5-8(2,10)4-9/h3,5,10H2,1-2H3,(H,11,14). The van der Waals surface area contributed by atoms with Gasteiger partial charge in [0.2, 0.25) is 0 Å². The van der Waals surface area contributed by atoms with Crippen LogP contribution in [0.25, 0.3) is 0 Å². The van der Waals surface area contributed by atoms with E-state index in [-0.39, 0.29) is 5.69 Å². The normalized spacial score (nSPS) is 14.5. The van der Waals surface area contributed by atoms with E-state index in [9.17, 15) is 4.79 Å². The van der Waals surface area contributed by atoms with Crippen LogP contribution in [-0.2, 0) is 6.54 Å². The molecule has 3 N–H and O–H groups in total. The highest BCUT2D eigenvalue weighted by molar-refractivity contribution is 7.99. The van der Waals surface area contributed by atoms with E-state index in [0.29, 0.717) is 17.5 Å². The van der Waals surface area contributed by atoms with Crippen molar-refractivity contribution in [3.8, 4) is 6.07 Å². The molecule has 0 aliphatic heterocycles. The number of hydrogen-bond donors (Lipinski definition) is 2. The molecule has 0 bridgehead atoms. The Morgan fingerprint density at radius 3 is 3.00 bits per heavy atom.